The number of rotatable bonds is 5. The fraction of sp³-hybridized carbons (Fsp3) is 0.421. The van der Waals surface area contributed by atoms with E-state index < -0.39 is 18.0 Å². The predicted molar refractivity (Wildman–Crippen MR) is 97.8 cm³/mol. The van der Waals surface area contributed by atoms with Crippen molar-refractivity contribution in [3.8, 4) is 11.8 Å². The van der Waals surface area contributed by atoms with Gasteiger partial charge in [-0.3, -0.25) is 5.32 Å². The monoisotopic (exact) mass is 371 g/mol. The smallest absolute Gasteiger partial charge is 0.320 e. The number of amides is 2. The number of urea groups is 1. The maximum atomic E-state index is 13.7. The molecule has 0 aliphatic heterocycles. The maximum absolute atomic E-state index is 13.7. The van der Waals surface area contributed by atoms with Gasteiger partial charge in [0.1, 0.15) is 17.4 Å². The van der Waals surface area contributed by atoms with Crippen LogP contribution in [0.2, 0.25) is 0 Å². The quantitative estimate of drug-likeness (QED) is 0.752. The number of aromatic nitrogens is 2. The van der Waals surface area contributed by atoms with Gasteiger partial charge in [-0.1, -0.05) is 25.3 Å². The van der Waals surface area contributed by atoms with Gasteiger partial charge in [-0.2, -0.15) is 5.26 Å². The Hall–Kier alpha value is -2.92. The third-order valence-corrected chi connectivity index (χ3v) is 4.85. The first kappa shape index (κ1) is 18.9. The Morgan fingerprint density at radius 3 is 2.89 bits per heavy atom. The molecular formula is C19H22FN5O2. The van der Waals surface area contributed by atoms with Gasteiger partial charge in [-0.25, -0.2) is 13.9 Å². The average molecular weight is 371 g/mol. The molecule has 1 aromatic carbocycles. The molecule has 3 N–H and O–H groups in total. The van der Waals surface area contributed by atoms with Crippen LogP contribution in [0.15, 0.2) is 30.5 Å². The van der Waals surface area contributed by atoms with Crippen LogP contribution in [0, 0.1) is 23.1 Å². The third kappa shape index (κ3) is 4.63. The van der Waals surface area contributed by atoms with E-state index in [2.05, 4.69) is 15.7 Å². The van der Waals surface area contributed by atoms with Gasteiger partial charge in [-0.05, 0) is 30.9 Å². The van der Waals surface area contributed by atoms with E-state index in [1.54, 1.807) is 12.1 Å². The van der Waals surface area contributed by atoms with Crippen LogP contribution in [0.5, 0.6) is 0 Å². The van der Waals surface area contributed by atoms with Crippen LogP contribution in [-0.2, 0) is 0 Å². The van der Waals surface area contributed by atoms with Crippen LogP contribution in [0.3, 0.4) is 0 Å². The summed E-state index contributed by atoms with van der Waals surface area (Å²) in [6.45, 7) is 0.180. The molecule has 142 valence electrons. The van der Waals surface area contributed by atoms with Gasteiger partial charge < -0.3 is 10.4 Å². The van der Waals surface area contributed by atoms with Crippen molar-refractivity contribution in [1.82, 2.24) is 15.1 Å². The maximum Gasteiger partial charge on any atom is 0.320 e. The number of aliphatic hydroxyl groups is 1. The molecule has 8 heteroatoms. The van der Waals surface area contributed by atoms with Crippen molar-refractivity contribution in [2.75, 3.05) is 11.9 Å². The molecule has 1 fully saturated rings. The number of carbonyl (C=O) groups is 1. The zero-order valence-corrected chi connectivity index (χ0v) is 14.9. The molecule has 2 amide bonds. The number of hydrogen-bond donors (Lipinski definition) is 3. The molecule has 0 spiro atoms. The lowest BCUT2D eigenvalue weighted by atomic mass is 9.85. The number of carbonyl (C=O) groups excluding carboxylic acids is 1. The van der Waals surface area contributed by atoms with Crippen LogP contribution in [-0.4, -0.2) is 33.6 Å². The van der Waals surface area contributed by atoms with Gasteiger partial charge in [0.15, 0.2) is 5.82 Å². The summed E-state index contributed by atoms with van der Waals surface area (Å²) in [5.41, 5.74) is 0.172. The average Bonchev–Trinajstić information content (AvgIpc) is 3.14. The Morgan fingerprint density at radius 2 is 2.15 bits per heavy atom. The van der Waals surface area contributed by atoms with Gasteiger partial charge in [0.25, 0.3) is 0 Å². The van der Waals surface area contributed by atoms with E-state index in [1.165, 1.54) is 29.4 Å². The van der Waals surface area contributed by atoms with Gasteiger partial charge >= 0.3 is 6.03 Å². The molecule has 27 heavy (non-hydrogen) atoms. The summed E-state index contributed by atoms with van der Waals surface area (Å²) in [4.78, 5) is 12.0. The summed E-state index contributed by atoms with van der Waals surface area (Å²) in [6, 6.07) is 7.14. The fourth-order valence-electron chi connectivity index (χ4n) is 3.38. The highest BCUT2D eigenvalue weighted by Gasteiger charge is 2.22. The summed E-state index contributed by atoms with van der Waals surface area (Å²) in [6.07, 6.45) is 6.40. The van der Waals surface area contributed by atoms with E-state index in [0.29, 0.717) is 5.69 Å². The Bertz CT molecular complexity index is 839. The molecule has 0 radical (unpaired) electrons. The molecular weight excluding hydrogens is 349 g/mol. The molecule has 7 nitrogen and oxygen atoms in total. The lowest BCUT2D eigenvalue weighted by Crippen LogP contribution is -2.39. The zero-order chi connectivity index (χ0) is 19.2. The van der Waals surface area contributed by atoms with E-state index in [4.69, 9.17) is 5.26 Å². The van der Waals surface area contributed by atoms with Crippen molar-refractivity contribution in [2.45, 2.75) is 38.2 Å². The van der Waals surface area contributed by atoms with E-state index in [-0.39, 0.29) is 23.8 Å². The minimum absolute atomic E-state index is 0.118. The molecule has 2 aromatic rings. The van der Waals surface area contributed by atoms with Crippen LogP contribution in [0.4, 0.5) is 15.0 Å². The van der Waals surface area contributed by atoms with Crippen molar-refractivity contribution < 1.29 is 14.3 Å². The first-order valence-electron chi connectivity index (χ1n) is 9.06. The number of nitrogens with zero attached hydrogens (tertiary/aromatic N) is 3. The molecule has 1 atom stereocenters. The molecule has 1 aromatic heterocycles. The van der Waals surface area contributed by atoms with Crippen molar-refractivity contribution in [1.29, 1.82) is 5.26 Å². The summed E-state index contributed by atoms with van der Waals surface area (Å²) < 4.78 is 15.0. The summed E-state index contributed by atoms with van der Waals surface area (Å²) in [7, 11) is 0. The number of hydrogen-bond acceptors (Lipinski definition) is 4. The molecule has 0 bridgehead atoms. The minimum Gasteiger partial charge on any atom is -0.391 e. The highest BCUT2D eigenvalue weighted by atomic mass is 19.1. The number of aliphatic hydroxyl groups excluding tert-OH is 1. The fourth-order valence-corrected chi connectivity index (χ4v) is 3.38. The van der Waals surface area contributed by atoms with Crippen LogP contribution in [0.1, 0.15) is 37.7 Å². The highest BCUT2D eigenvalue weighted by molar-refractivity contribution is 5.88. The van der Waals surface area contributed by atoms with Crippen LogP contribution >= 0.6 is 0 Å². The number of anilines is 1. The van der Waals surface area contributed by atoms with Gasteiger partial charge in [0.2, 0.25) is 0 Å². The number of halogens is 1. The second kappa shape index (κ2) is 8.64. The summed E-state index contributed by atoms with van der Waals surface area (Å²) in [5.74, 6) is -0.141. The van der Waals surface area contributed by atoms with Crippen molar-refractivity contribution in [3.05, 3.63) is 41.8 Å². The summed E-state index contributed by atoms with van der Waals surface area (Å²) in [5, 5.41) is 28.7. The Labute approximate surface area is 156 Å². The zero-order valence-electron chi connectivity index (χ0n) is 14.9. The van der Waals surface area contributed by atoms with Gasteiger partial charge in [0.05, 0.1) is 11.8 Å². The molecule has 1 unspecified atom stereocenters. The Kier molecular flexibility index (Phi) is 6.04. The first-order valence-corrected chi connectivity index (χ1v) is 9.06. The lowest BCUT2D eigenvalue weighted by molar-refractivity contribution is 0.0863. The lowest BCUT2D eigenvalue weighted by Gasteiger charge is -2.26. The molecule has 0 saturated heterocycles. The largest absolute Gasteiger partial charge is 0.391 e. The van der Waals surface area contributed by atoms with Crippen LogP contribution in [0.25, 0.3) is 5.69 Å². The third-order valence-electron chi connectivity index (χ3n) is 4.85. The standard InChI is InChI=1S/C19H22FN5O2/c20-15-7-4-8-16(14(15)11-21)25-10-9-18(24-25)23-19(27)22-12-17(26)13-5-2-1-3-6-13/h4,7-10,13,17,26H,1-3,5-6,12H2,(H2,22,23,24,27). The van der Waals surface area contributed by atoms with Gasteiger partial charge in [0, 0.05) is 18.8 Å². The van der Waals surface area contributed by atoms with Crippen LogP contribution < -0.4 is 10.6 Å². The van der Waals surface area contributed by atoms with E-state index in [1.807, 2.05) is 6.07 Å². The Balaban J connectivity index is 1.57. The van der Waals surface area contributed by atoms with Crippen molar-refractivity contribution in [2.24, 2.45) is 5.92 Å². The normalized spacial score (nSPS) is 15.7. The second-order valence-electron chi connectivity index (χ2n) is 6.69. The number of benzene rings is 1. The van der Waals surface area contributed by atoms with E-state index in [0.717, 1.165) is 25.7 Å². The van der Waals surface area contributed by atoms with Gasteiger partial charge in [-0.15, -0.1) is 5.10 Å². The predicted octanol–water partition coefficient (Wildman–Crippen LogP) is 2.95. The molecule has 3 rings (SSSR count). The SMILES string of the molecule is N#Cc1c(F)cccc1-n1ccc(NC(=O)NCC(O)C2CCCCC2)n1. The minimum atomic E-state index is -0.630. The molecule has 1 heterocycles. The van der Waals surface area contributed by atoms with Crippen molar-refractivity contribution >= 4 is 11.8 Å². The number of nitriles is 1. The van der Waals surface area contributed by atoms with E-state index >= 15 is 0 Å². The first-order chi connectivity index (χ1) is 13.1. The van der Waals surface area contributed by atoms with Crippen molar-refractivity contribution in [3.63, 3.8) is 0 Å². The van der Waals surface area contributed by atoms with E-state index in [9.17, 15) is 14.3 Å². The second-order valence-corrected chi connectivity index (χ2v) is 6.69. The topological polar surface area (TPSA) is 103 Å². The molecule has 1 aliphatic carbocycles. The summed E-state index contributed by atoms with van der Waals surface area (Å²) >= 11 is 0. The number of nitrogens with one attached hydrogen (secondary N) is 2. The highest BCUT2D eigenvalue weighted by Crippen LogP contribution is 2.26. The molecule has 1 aliphatic rings. The molecule has 1 saturated carbocycles. The Morgan fingerprint density at radius 1 is 1.37 bits per heavy atom.